The summed E-state index contributed by atoms with van der Waals surface area (Å²) < 4.78 is 0. The topological polar surface area (TPSA) is 44.1 Å². The van der Waals surface area contributed by atoms with Crippen LogP contribution in [-0.2, 0) is 4.79 Å². The van der Waals surface area contributed by atoms with Crippen LogP contribution in [0, 0.1) is 40.9 Å². The summed E-state index contributed by atoms with van der Waals surface area (Å²) in [7, 11) is 1.86. The molecule has 1 amide bonds. The average Bonchev–Trinajstić information content (AvgIpc) is 2.67. The summed E-state index contributed by atoms with van der Waals surface area (Å²) in [6, 6.07) is 2.59. The molecule has 1 aliphatic heterocycles. The molecule has 1 unspecified atom stereocenters. The SMILES string of the molecule is CN1C(=O)CCC1(C#N)C1C2CC3CC(C2)CC1C3. The fraction of sp³-hybridized carbons (Fsp3) is 0.875. The van der Waals surface area contributed by atoms with Gasteiger partial charge in [0.2, 0.25) is 5.91 Å². The lowest BCUT2D eigenvalue weighted by molar-refractivity contribution is -0.134. The Bertz CT molecular complexity index is 438. The highest BCUT2D eigenvalue weighted by atomic mass is 16.2. The molecule has 5 rings (SSSR count). The standard InChI is InChI=1S/C16H22N2O/c1-18-14(19)2-3-16(18,9-17)15-12-5-10-4-11(7-12)8-13(15)6-10/h10-13,15H,2-8H2,1H3. The summed E-state index contributed by atoms with van der Waals surface area (Å²) in [6.07, 6.45) is 8.07. The summed E-state index contributed by atoms with van der Waals surface area (Å²) in [4.78, 5) is 13.8. The van der Waals surface area contributed by atoms with Gasteiger partial charge >= 0.3 is 0 Å². The molecule has 0 aromatic rings. The first-order chi connectivity index (χ1) is 9.14. The van der Waals surface area contributed by atoms with Crippen LogP contribution in [0.3, 0.4) is 0 Å². The fourth-order valence-electron chi connectivity index (χ4n) is 6.16. The van der Waals surface area contributed by atoms with Crippen LogP contribution >= 0.6 is 0 Å². The van der Waals surface area contributed by atoms with Crippen LogP contribution in [-0.4, -0.2) is 23.4 Å². The van der Waals surface area contributed by atoms with Crippen molar-refractivity contribution in [3.63, 3.8) is 0 Å². The van der Waals surface area contributed by atoms with Crippen LogP contribution < -0.4 is 0 Å². The maximum Gasteiger partial charge on any atom is 0.223 e. The normalized spacial score (nSPS) is 51.7. The van der Waals surface area contributed by atoms with E-state index in [0.29, 0.717) is 24.2 Å². The van der Waals surface area contributed by atoms with Gasteiger partial charge < -0.3 is 4.90 Å². The van der Waals surface area contributed by atoms with Crippen molar-refractivity contribution in [1.29, 1.82) is 5.26 Å². The van der Waals surface area contributed by atoms with Crippen LogP contribution in [0.1, 0.15) is 44.9 Å². The van der Waals surface area contributed by atoms with Gasteiger partial charge in [0.15, 0.2) is 0 Å². The quantitative estimate of drug-likeness (QED) is 0.725. The zero-order chi connectivity index (χ0) is 13.2. The molecule has 1 atom stereocenters. The molecule has 3 heteroatoms. The Hall–Kier alpha value is -1.04. The van der Waals surface area contributed by atoms with Crippen molar-refractivity contribution < 1.29 is 4.79 Å². The van der Waals surface area contributed by atoms with Gasteiger partial charge in [-0.1, -0.05) is 0 Å². The number of nitrogens with zero attached hydrogens (tertiary/aromatic N) is 2. The molecular weight excluding hydrogens is 236 g/mol. The molecule has 0 radical (unpaired) electrons. The molecule has 4 saturated carbocycles. The van der Waals surface area contributed by atoms with E-state index in [1.165, 1.54) is 32.1 Å². The zero-order valence-electron chi connectivity index (χ0n) is 11.6. The molecular formula is C16H22N2O. The number of nitriles is 1. The van der Waals surface area contributed by atoms with Crippen molar-refractivity contribution in [1.82, 2.24) is 4.90 Å². The highest BCUT2D eigenvalue weighted by Crippen LogP contribution is 2.61. The van der Waals surface area contributed by atoms with Crippen molar-refractivity contribution >= 4 is 5.91 Å². The molecule has 4 aliphatic carbocycles. The van der Waals surface area contributed by atoms with Gasteiger partial charge in [-0.25, -0.2) is 0 Å². The number of likely N-dealkylation sites (tertiary alicyclic amines) is 1. The Morgan fingerprint density at radius 1 is 1.16 bits per heavy atom. The van der Waals surface area contributed by atoms with Gasteiger partial charge in [0.25, 0.3) is 0 Å². The van der Waals surface area contributed by atoms with Gasteiger partial charge in [0.05, 0.1) is 6.07 Å². The summed E-state index contributed by atoms with van der Waals surface area (Å²) in [6.45, 7) is 0. The molecule has 1 heterocycles. The number of hydrogen-bond acceptors (Lipinski definition) is 2. The minimum Gasteiger partial charge on any atom is -0.327 e. The number of rotatable bonds is 1. The third-order valence-electron chi connectivity index (χ3n) is 6.66. The molecule has 3 nitrogen and oxygen atoms in total. The van der Waals surface area contributed by atoms with Crippen molar-refractivity contribution in [2.75, 3.05) is 7.05 Å². The molecule has 4 bridgehead atoms. The first-order valence-electron chi connectivity index (χ1n) is 7.82. The molecule has 1 saturated heterocycles. The summed E-state index contributed by atoms with van der Waals surface area (Å²) in [5.41, 5.74) is -0.473. The van der Waals surface area contributed by atoms with Crippen molar-refractivity contribution in [3.8, 4) is 6.07 Å². The van der Waals surface area contributed by atoms with E-state index >= 15 is 0 Å². The molecule has 0 aromatic carbocycles. The van der Waals surface area contributed by atoms with Gasteiger partial charge in [-0.2, -0.15) is 5.26 Å². The summed E-state index contributed by atoms with van der Waals surface area (Å²) in [5, 5.41) is 9.85. The molecule has 0 spiro atoms. The van der Waals surface area contributed by atoms with Gasteiger partial charge in [0.1, 0.15) is 5.54 Å². The van der Waals surface area contributed by atoms with Gasteiger partial charge in [-0.15, -0.1) is 0 Å². The van der Waals surface area contributed by atoms with Crippen molar-refractivity contribution in [3.05, 3.63) is 0 Å². The monoisotopic (exact) mass is 258 g/mol. The second kappa shape index (κ2) is 3.75. The maximum atomic E-state index is 12.0. The van der Waals surface area contributed by atoms with Gasteiger partial charge in [-0.05, 0) is 62.2 Å². The minimum atomic E-state index is -0.473. The van der Waals surface area contributed by atoms with E-state index in [0.717, 1.165) is 18.3 Å². The lowest BCUT2D eigenvalue weighted by Gasteiger charge is -2.58. The van der Waals surface area contributed by atoms with Crippen LogP contribution in [0.15, 0.2) is 0 Å². The Morgan fingerprint density at radius 2 is 1.74 bits per heavy atom. The van der Waals surface area contributed by atoms with Gasteiger partial charge in [-0.3, -0.25) is 4.79 Å². The molecule has 102 valence electrons. The number of amides is 1. The third kappa shape index (κ3) is 1.41. The Balaban J connectivity index is 1.72. The largest absolute Gasteiger partial charge is 0.327 e. The first-order valence-corrected chi connectivity index (χ1v) is 7.82. The van der Waals surface area contributed by atoms with E-state index in [1.807, 2.05) is 7.05 Å². The Kier molecular flexibility index (Phi) is 2.32. The average molecular weight is 258 g/mol. The Morgan fingerprint density at radius 3 is 2.16 bits per heavy atom. The van der Waals surface area contributed by atoms with E-state index in [-0.39, 0.29) is 5.91 Å². The molecule has 0 aromatic heterocycles. The summed E-state index contributed by atoms with van der Waals surface area (Å²) >= 11 is 0. The minimum absolute atomic E-state index is 0.176. The second-order valence-corrected chi connectivity index (χ2v) is 7.45. The highest BCUT2D eigenvalue weighted by molar-refractivity contribution is 5.80. The lowest BCUT2D eigenvalue weighted by Crippen LogP contribution is -2.59. The fourth-order valence-corrected chi connectivity index (χ4v) is 6.16. The first kappa shape index (κ1) is 11.8. The van der Waals surface area contributed by atoms with E-state index in [4.69, 9.17) is 0 Å². The summed E-state index contributed by atoms with van der Waals surface area (Å²) in [5.74, 6) is 3.92. The zero-order valence-corrected chi connectivity index (χ0v) is 11.6. The predicted octanol–water partition coefficient (Wildman–Crippen LogP) is 2.57. The van der Waals surface area contributed by atoms with Crippen molar-refractivity contribution in [2.24, 2.45) is 29.6 Å². The molecule has 19 heavy (non-hydrogen) atoms. The Labute approximate surface area is 115 Å². The van der Waals surface area contributed by atoms with Crippen LogP contribution in [0.25, 0.3) is 0 Å². The van der Waals surface area contributed by atoms with Crippen LogP contribution in [0.5, 0.6) is 0 Å². The van der Waals surface area contributed by atoms with Crippen LogP contribution in [0.4, 0.5) is 0 Å². The maximum absolute atomic E-state index is 12.0. The van der Waals surface area contributed by atoms with Gasteiger partial charge in [0, 0.05) is 19.4 Å². The number of carbonyl (C=O) groups excluding carboxylic acids is 1. The number of hydrogen-bond donors (Lipinski definition) is 0. The van der Waals surface area contributed by atoms with E-state index < -0.39 is 5.54 Å². The highest BCUT2D eigenvalue weighted by Gasteiger charge is 2.59. The predicted molar refractivity (Wildman–Crippen MR) is 70.9 cm³/mol. The molecule has 0 N–H and O–H groups in total. The molecule has 5 fully saturated rings. The third-order valence-corrected chi connectivity index (χ3v) is 6.66. The lowest BCUT2D eigenvalue weighted by atomic mass is 9.48. The van der Waals surface area contributed by atoms with E-state index in [9.17, 15) is 10.1 Å². The van der Waals surface area contributed by atoms with E-state index in [2.05, 4.69) is 6.07 Å². The second-order valence-electron chi connectivity index (χ2n) is 7.45. The van der Waals surface area contributed by atoms with E-state index in [1.54, 1.807) is 4.90 Å². The smallest absolute Gasteiger partial charge is 0.223 e. The number of carbonyl (C=O) groups is 1. The van der Waals surface area contributed by atoms with Crippen molar-refractivity contribution in [2.45, 2.75) is 50.5 Å². The van der Waals surface area contributed by atoms with Crippen LogP contribution in [0.2, 0.25) is 0 Å². The molecule has 5 aliphatic rings.